The molecule has 4 nitrogen and oxygen atoms in total. The number of allylic oxidation sites excluding steroid dienone is 1. The second-order valence-electron chi connectivity index (χ2n) is 3.68. The first-order valence-corrected chi connectivity index (χ1v) is 6.45. The number of carbonyl (C=O) groups is 1. The maximum atomic E-state index is 12.2. The third-order valence-electron chi connectivity index (χ3n) is 2.26. The van der Waals surface area contributed by atoms with Crippen LogP contribution in [0.4, 0.5) is 13.2 Å². The van der Waals surface area contributed by atoms with Crippen molar-refractivity contribution in [3.8, 4) is 0 Å². The van der Waals surface area contributed by atoms with Crippen LogP contribution in [-0.4, -0.2) is 23.9 Å². The minimum absolute atomic E-state index is 0.187. The number of benzene rings is 1. The van der Waals surface area contributed by atoms with Crippen LogP contribution in [0.5, 0.6) is 0 Å². The number of hydrogen-bond acceptors (Lipinski definition) is 3. The maximum absolute atomic E-state index is 12.2. The van der Waals surface area contributed by atoms with E-state index >= 15 is 0 Å². The van der Waals surface area contributed by atoms with E-state index in [1.165, 1.54) is 0 Å². The first kappa shape index (κ1) is 19.5. The van der Waals surface area contributed by atoms with E-state index in [0.29, 0.717) is 6.42 Å². The van der Waals surface area contributed by atoms with Crippen molar-refractivity contribution in [2.24, 2.45) is 0 Å². The highest BCUT2D eigenvalue weighted by atomic mass is 19.4. The van der Waals surface area contributed by atoms with Crippen molar-refractivity contribution in [1.82, 2.24) is 0 Å². The third-order valence-corrected chi connectivity index (χ3v) is 2.26. The Balaban J connectivity index is 0.00000211. The molecule has 0 aliphatic rings. The Hall–Kier alpha value is -2.49. The van der Waals surface area contributed by atoms with Gasteiger partial charge in [-0.3, -0.25) is 4.79 Å². The molecule has 1 aromatic carbocycles. The molecule has 0 saturated carbocycles. The summed E-state index contributed by atoms with van der Waals surface area (Å²) in [6.07, 6.45) is -4.86. The van der Waals surface area contributed by atoms with Crippen molar-refractivity contribution in [2.75, 3.05) is 6.61 Å². The third kappa shape index (κ3) is 6.31. The molecule has 22 heavy (non-hydrogen) atoms. The van der Waals surface area contributed by atoms with Crippen LogP contribution in [0.3, 0.4) is 0 Å². The van der Waals surface area contributed by atoms with Gasteiger partial charge in [-0.25, -0.2) is 4.85 Å². The van der Waals surface area contributed by atoms with Crippen LogP contribution in [-0.2, 0) is 16.0 Å². The number of alkyl halides is 3. The zero-order valence-corrected chi connectivity index (χ0v) is 12.1. The Morgan fingerprint density at radius 1 is 1.27 bits per heavy atom. The average Bonchev–Trinajstić information content (AvgIpc) is 2.50. The smallest absolute Gasteiger partial charge is 0.438 e. The number of rotatable bonds is 4. The monoisotopic (exact) mass is 315 g/mol. The summed E-state index contributed by atoms with van der Waals surface area (Å²) < 4.78 is 41.1. The SMILES string of the molecule is CC.[C-]#[N+]/C(C(=O)OCCc1ccccc1)=C(/O)C(F)(F)F. The van der Waals surface area contributed by atoms with Crippen molar-refractivity contribution in [3.63, 3.8) is 0 Å². The van der Waals surface area contributed by atoms with E-state index < -0.39 is 23.6 Å². The van der Waals surface area contributed by atoms with Gasteiger partial charge in [0.25, 0.3) is 0 Å². The molecule has 0 unspecified atom stereocenters. The number of ether oxygens (including phenoxy) is 1. The second-order valence-corrected chi connectivity index (χ2v) is 3.68. The van der Waals surface area contributed by atoms with Gasteiger partial charge in [-0.2, -0.15) is 13.2 Å². The van der Waals surface area contributed by atoms with Gasteiger partial charge in [0.2, 0.25) is 5.76 Å². The van der Waals surface area contributed by atoms with Crippen molar-refractivity contribution in [1.29, 1.82) is 0 Å². The van der Waals surface area contributed by atoms with Crippen LogP contribution in [0.1, 0.15) is 19.4 Å². The first-order chi connectivity index (χ1) is 10.4. The molecule has 0 atom stereocenters. The molecule has 1 rings (SSSR count). The molecule has 0 saturated heterocycles. The van der Waals surface area contributed by atoms with Gasteiger partial charge in [0, 0.05) is 6.42 Å². The summed E-state index contributed by atoms with van der Waals surface area (Å²) in [5.41, 5.74) is -0.640. The Morgan fingerprint density at radius 3 is 2.27 bits per heavy atom. The van der Waals surface area contributed by atoms with E-state index in [4.69, 9.17) is 11.7 Å². The lowest BCUT2D eigenvalue weighted by atomic mass is 10.2. The molecule has 120 valence electrons. The highest BCUT2D eigenvalue weighted by Crippen LogP contribution is 2.27. The summed E-state index contributed by atoms with van der Waals surface area (Å²) in [4.78, 5) is 13.7. The van der Waals surface area contributed by atoms with E-state index in [1.54, 1.807) is 30.3 Å². The summed E-state index contributed by atoms with van der Waals surface area (Å²) >= 11 is 0. The fraction of sp³-hybridized carbons (Fsp3) is 0.333. The molecule has 0 bridgehead atoms. The number of halogens is 3. The molecule has 0 aliphatic heterocycles. The molecule has 0 heterocycles. The van der Waals surface area contributed by atoms with Crippen LogP contribution in [0.2, 0.25) is 0 Å². The van der Waals surface area contributed by atoms with Crippen molar-refractivity contribution < 1.29 is 27.8 Å². The molecule has 0 amide bonds. The molecule has 0 fully saturated rings. The molecule has 0 aliphatic carbocycles. The zero-order chi connectivity index (χ0) is 17.2. The molecule has 1 aromatic rings. The van der Waals surface area contributed by atoms with Crippen LogP contribution in [0.15, 0.2) is 41.8 Å². The van der Waals surface area contributed by atoms with Crippen LogP contribution >= 0.6 is 0 Å². The number of carbonyl (C=O) groups excluding carboxylic acids is 1. The van der Waals surface area contributed by atoms with E-state index in [1.807, 2.05) is 13.8 Å². The van der Waals surface area contributed by atoms with Gasteiger partial charge in [-0.1, -0.05) is 44.2 Å². The number of nitrogens with zero attached hydrogens (tertiary/aromatic N) is 1. The Morgan fingerprint density at radius 2 is 1.82 bits per heavy atom. The number of aliphatic hydroxyl groups excluding tert-OH is 1. The van der Waals surface area contributed by atoms with Crippen LogP contribution in [0.25, 0.3) is 4.85 Å². The normalized spacial score (nSPS) is 11.5. The standard InChI is InChI=1S/C13H10F3NO3.C2H6/c1-17-10(11(18)13(14,15)16)12(19)20-8-7-9-5-3-2-4-6-9;1-2/h2-6,18H,7-8H2;1-2H3/b11-10+;. The van der Waals surface area contributed by atoms with Gasteiger partial charge in [-0.15, -0.1) is 0 Å². The topological polar surface area (TPSA) is 50.9 Å². The molecule has 0 aromatic heterocycles. The first-order valence-electron chi connectivity index (χ1n) is 6.45. The number of aliphatic hydroxyl groups is 1. The average molecular weight is 315 g/mol. The summed E-state index contributed by atoms with van der Waals surface area (Å²) in [6, 6.07) is 8.82. The highest BCUT2D eigenvalue weighted by Gasteiger charge is 2.39. The van der Waals surface area contributed by atoms with Gasteiger partial charge in [0.05, 0.1) is 13.2 Å². The Labute approximate surface area is 126 Å². The lowest BCUT2D eigenvalue weighted by molar-refractivity contribution is -0.142. The number of esters is 1. The van der Waals surface area contributed by atoms with E-state index in [-0.39, 0.29) is 6.61 Å². The maximum Gasteiger partial charge on any atom is 0.438 e. The quantitative estimate of drug-likeness (QED) is 0.395. The summed E-state index contributed by atoms with van der Waals surface area (Å²) in [7, 11) is 0. The lowest BCUT2D eigenvalue weighted by Crippen LogP contribution is -2.18. The van der Waals surface area contributed by atoms with Crippen LogP contribution < -0.4 is 0 Å². The fourth-order valence-electron chi connectivity index (χ4n) is 1.30. The van der Waals surface area contributed by atoms with Crippen molar-refractivity contribution >= 4 is 5.97 Å². The van der Waals surface area contributed by atoms with Gasteiger partial charge in [0.15, 0.2) is 0 Å². The summed E-state index contributed by atoms with van der Waals surface area (Å²) in [6.45, 7) is 10.3. The van der Waals surface area contributed by atoms with Crippen molar-refractivity contribution in [3.05, 3.63) is 58.8 Å². The Bertz CT molecular complexity index is 545. The van der Waals surface area contributed by atoms with Gasteiger partial charge in [-0.05, 0) is 5.56 Å². The minimum Gasteiger partial charge on any atom is -0.515 e. The Kier molecular flexibility index (Phi) is 8.38. The van der Waals surface area contributed by atoms with Gasteiger partial charge < -0.3 is 9.84 Å². The zero-order valence-electron chi connectivity index (χ0n) is 12.1. The van der Waals surface area contributed by atoms with E-state index in [9.17, 15) is 18.0 Å². The molecular formula is C15H16F3NO3. The van der Waals surface area contributed by atoms with E-state index in [2.05, 4.69) is 9.58 Å². The molecule has 0 radical (unpaired) electrons. The second kappa shape index (κ2) is 9.45. The lowest BCUT2D eigenvalue weighted by Gasteiger charge is -2.08. The summed E-state index contributed by atoms with van der Waals surface area (Å²) in [5, 5.41) is 8.77. The number of hydrogen-bond donors (Lipinski definition) is 1. The minimum atomic E-state index is -5.15. The van der Waals surface area contributed by atoms with Gasteiger partial charge in [0.1, 0.15) is 0 Å². The molecule has 1 N–H and O–H groups in total. The largest absolute Gasteiger partial charge is 0.515 e. The summed E-state index contributed by atoms with van der Waals surface area (Å²) in [5.74, 6) is -3.73. The predicted octanol–water partition coefficient (Wildman–Crippen LogP) is 4.05. The van der Waals surface area contributed by atoms with Gasteiger partial charge >= 0.3 is 17.8 Å². The van der Waals surface area contributed by atoms with Crippen LogP contribution in [0, 0.1) is 6.57 Å². The van der Waals surface area contributed by atoms with E-state index in [0.717, 1.165) is 5.56 Å². The molecular weight excluding hydrogens is 299 g/mol. The molecule has 7 heteroatoms. The predicted molar refractivity (Wildman–Crippen MR) is 74.8 cm³/mol. The fourth-order valence-corrected chi connectivity index (χ4v) is 1.30. The highest BCUT2D eigenvalue weighted by molar-refractivity contribution is 5.91. The van der Waals surface area contributed by atoms with Crippen molar-refractivity contribution in [2.45, 2.75) is 26.4 Å². The molecule has 0 spiro atoms.